The second kappa shape index (κ2) is 5.49. The zero-order chi connectivity index (χ0) is 14.8. The SMILES string of the molecule is FC(F)C(F)C(F)(F)C(F)(F)COCC(F)(F)F. The Bertz CT molecular complexity index is 259. The smallest absolute Gasteiger partial charge is 0.366 e. The lowest BCUT2D eigenvalue weighted by Gasteiger charge is -2.28. The van der Waals surface area contributed by atoms with Crippen molar-refractivity contribution in [2.45, 2.75) is 30.6 Å². The van der Waals surface area contributed by atoms with Crippen molar-refractivity contribution in [2.24, 2.45) is 0 Å². The first-order valence-corrected chi connectivity index (χ1v) is 4.13. The van der Waals surface area contributed by atoms with Crippen LogP contribution in [0.1, 0.15) is 0 Å². The van der Waals surface area contributed by atoms with Crippen LogP contribution in [-0.4, -0.2) is 43.8 Å². The Balaban J connectivity index is 4.61. The Morgan fingerprint density at radius 3 is 1.56 bits per heavy atom. The molecule has 1 unspecified atom stereocenters. The van der Waals surface area contributed by atoms with E-state index in [0.717, 1.165) is 0 Å². The van der Waals surface area contributed by atoms with Crippen LogP contribution in [0.3, 0.4) is 0 Å². The third-order valence-corrected chi connectivity index (χ3v) is 1.60. The van der Waals surface area contributed by atoms with E-state index in [1.54, 1.807) is 0 Å². The van der Waals surface area contributed by atoms with Gasteiger partial charge >= 0.3 is 18.0 Å². The lowest BCUT2D eigenvalue weighted by Crippen LogP contribution is -2.53. The van der Waals surface area contributed by atoms with E-state index in [0.29, 0.717) is 0 Å². The number of ether oxygens (including phenoxy) is 1. The summed E-state index contributed by atoms with van der Waals surface area (Å²) in [6, 6.07) is 0. The fraction of sp³-hybridized carbons (Fsp3) is 1.00. The van der Waals surface area contributed by atoms with Crippen LogP contribution < -0.4 is 0 Å². The van der Waals surface area contributed by atoms with E-state index in [4.69, 9.17) is 0 Å². The molecule has 0 radical (unpaired) electrons. The van der Waals surface area contributed by atoms with Crippen LogP contribution in [0.15, 0.2) is 0 Å². The molecule has 0 fully saturated rings. The van der Waals surface area contributed by atoms with Crippen LogP contribution in [0, 0.1) is 0 Å². The van der Waals surface area contributed by atoms with Gasteiger partial charge in [0.25, 0.3) is 6.43 Å². The van der Waals surface area contributed by atoms with Crippen LogP contribution in [0.4, 0.5) is 43.9 Å². The van der Waals surface area contributed by atoms with Crippen molar-refractivity contribution in [3.63, 3.8) is 0 Å². The minimum Gasteiger partial charge on any atom is -0.366 e. The number of hydrogen-bond acceptors (Lipinski definition) is 1. The normalized spacial score (nSPS) is 16.2. The Morgan fingerprint density at radius 1 is 0.778 bits per heavy atom. The Labute approximate surface area is 93.7 Å². The van der Waals surface area contributed by atoms with E-state index in [-0.39, 0.29) is 0 Å². The number of alkyl halides is 10. The summed E-state index contributed by atoms with van der Waals surface area (Å²) in [4.78, 5) is 0. The summed E-state index contributed by atoms with van der Waals surface area (Å²) in [5.41, 5.74) is 0. The van der Waals surface area contributed by atoms with Crippen molar-refractivity contribution in [3.8, 4) is 0 Å². The Kier molecular flexibility index (Phi) is 5.27. The summed E-state index contributed by atoms with van der Waals surface area (Å²) in [7, 11) is 0. The molecule has 0 aliphatic rings. The highest BCUT2D eigenvalue weighted by Crippen LogP contribution is 2.40. The van der Waals surface area contributed by atoms with Gasteiger partial charge in [-0.1, -0.05) is 0 Å². The van der Waals surface area contributed by atoms with Gasteiger partial charge in [-0.05, 0) is 0 Å². The lowest BCUT2D eigenvalue weighted by atomic mass is 10.1. The molecule has 0 spiro atoms. The van der Waals surface area contributed by atoms with Gasteiger partial charge in [0.1, 0.15) is 13.2 Å². The summed E-state index contributed by atoms with van der Waals surface area (Å²) in [5.74, 6) is -11.3. The summed E-state index contributed by atoms with van der Waals surface area (Å²) < 4.78 is 123. The fourth-order valence-electron chi connectivity index (χ4n) is 0.751. The van der Waals surface area contributed by atoms with Crippen LogP contribution in [0.2, 0.25) is 0 Å². The van der Waals surface area contributed by atoms with Gasteiger partial charge in [-0.2, -0.15) is 30.7 Å². The zero-order valence-corrected chi connectivity index (χ0v) is 8.26. The maximum absolute atomic E-state index is 12.6. The highest BCUT2D eigenvalue weighted by molar-refractivity contribution is 4.92. The molecule has 1 nitrogen and oxygen atoms in total. The van der Waals surface area contributed by atoms with E-state index in [9.17, 15) is 43.9 Å². The van der Waals surface area contributed by atoms with Crippen LogP contribution in [-0.2, 0) is 4.74 Å². The summed E-state index contributed by atoms with van der Waals surface area (Å²) in [6.45, 7) is -4.82. The predicted molar refractivity (Wildman–Crippen MR) is 37.7 cm³/mol. The van der Waals surface area contributed by atoms with Crippen LogP contribution in [0.5, 0.6) is 0 Å². The molecule has 0 amide bonds. The predicted octanol–water partition coefficient (Wildman–Crippen LogP) is 3.44. The molecule has 0 aliphatic carbocycles. The van der Waals surface area contributed by atoms with Crippen molar-refractivity contribution in [1.29, 1.82) is 0 Å². The molecule has 110 valence electrons. The summed E-state index contributed by atoms with van der Waals surface area (Å²) >= 11 is 0. The van der Waals surface area contributed by atoms with E-state index < -0.39 is 43.8 Å². The first-order chi connectivity index (χ1) is 7.81. The highest BCUT2D eigenvalue weighted by atomic mass is 19.4. The molecular formula is C7H6F10O. The van der Waals surface area contributed by atoms with Crippen molar-refractivity contribution < 1.29 is 48.6 Å². The molecule has 0 rings (SSSR count). The quantitative estimate of drug-likeness (QED) is 0.682. The third-order valence-electron chi connectivity index (χ3n) is 1.60. The second-order valence-electron chi connectivity index (χ2n) is 3.17. The fourth-order valence-corrected chi connectivity index (χ4v) is 0.751. The van der Waals surface area contributed by atoms with Gasteiger partial charge in [0.2, 0.25) is 6.17 Å². The topological polar surface area (TPSA) is 9.23 Å². The average Bonchev–Trinajstić information content (AvgIpc) is 2.13. The van der Waals surface area contributed by atoms with Crippen molar-refractivity contribution >= 4 is 0 Å². The van der Waals surface area contributed by atoms with Crippen molar-refractivity contribution in [2.75, 3.05) is 13.2 Å². The van der Waals surface area contributed by atoms with E-state index in [2.05, 4.69) is 4.74 Å². The van der Waals surface area contributed by atoms with E-state index in [1.165, 1.54) is 0 Å². The molecule has 0 saturated heterocycles. The Hall–Kier alpha value is -0.740. The van der Waals surface area contributed by atoms with Crippen LogP contribution in [0.25, 0.3) is 0 Å². The molecule has 11 heteroatoms. The van der Waals surface area contributed by atoms with Gasteiger partial charge in [-0.25, -0.2) is 13.2 Å². The standard InChI is InChI=1S/C7H6F10O/c8-3(4(9)10)7(16,17)5(11,12)1-18-2-6(13,14)15/h3-4H,1-2H2. The minimum atomic E-state index is -5.84. The molecule has 0 aromatic carbocycles. The molecule has 0 bridgehead atoms. The molecular weight excluding hydrogens is 290 g/mol. The number of rotatable bonds is 6. The average molecular weight is 296 g/mol. The largest absolute Gasteiger partial charge is 0.411 e. The molecule has 0 aromatic heterocycles. The molecule has 1 atom stereocenters. The lowest BCUT2D eigenvalue weighted by molar-refractivity contribution is -0.281. The number of halogens is 10. The maximum Gasteiger partial charge on any atom is 0.411 e. The van der Waals surface area contributed by atoms with E-state index in [1.807, 2.05) is 0 Å². The van der Waals surface area contributed by atoms with E-state index >= 15 is 0 Å². The number of hydrogen-bond donors (Lipinski definition) is 0. The monoisotopic (exact) mass is 296 g/mol. The van der Waals surface area contributed by atoms with Crippen molar-refractivity contribution in [1.82, 2.24) is 0 Å². The second-order valence-corrected chi connectivity index (χ2v) is 3.17. The van der Waals surface area contributed by atoms with Gasteiger partial charge in [0, 0.05) is 0 Å². The minimum absolute atomic E-state index is 2.29. The molecule has 0 N–H and O–H groups in total. The van der Waals surface area contributed by atoms with Gasteiger partial charge in [0.05, 0.1) is 0 Å². The molecule has 0 aromatic rings. The summed E-state index contributed by atoms with van der Waals surface area (Å²) in [5, 5.41) is 0. The van der Waals surface area contributed by atoms with Gasteiger partial charge in [-0.15, -0.1) is 0 Å². The third kappa shape index (κ3) is 4.50. The zero-order valence-electron chi connectivity index (χ0n) is 8.26. The van der Waals surface area contributed by atoms with Gasteiger partial charge in [-0.3, -0.25) is 0 Å². The Morgan fingerprint density at radius 2 is 1.22 bits per heavy atom. The highest BCUT2D eigenvalue weighted by Gasteiger charge is 2.64. The molecule has 0 aliphatic heterocycles. The van der Waals surface area contributed by atoms with Gasteiger partial charge in [0.15, 0.2) is 0 Å². The molecule has 18 heavy (non-hydrogen) atoms. The first-order valence-electron chi connectivity index (χ1n) is 4.13. The molecule has 0 heterocycles. The van der Waals surface area contributed by atoms with Crippen molar-refractivity contribution in [3.05, 3.63) is 0 Å². The maximum atomic E-state index is 12.6. The summed E-state index contributed by atoms with van der Waals surface area (Å²) in [6.07, 6.45) is -14.0. The molecule has 0 saturated carbocycles. The first kappa shape index (κ1) is 17.3. The van der Waals surface area contributed by atoms with Crippen LogP contribution >= 0.6 is 0 Å². The van der Waals surface area contributed by atoms with Gasteiger partial charge < -0.3 is 4.74 Å².